The second kappa shape index (κ2) is 3.34. The molecule has 0 spiro atoms. The molecule has 76 valence electrons. The third-order valence-electron chi connectivity index (χ3n) is 1.93. The summed E-state index contributed by atoms with van der Waals surface area (Å²) in [7, 11) is 0. The van der Waals surface area contributed by atoms with Crippen LogP contribution in [0.25, 0.3) is 0 Å². The summed E-state index contributed by atoms with van der Waals surface area (Å²) in [6, 6.07) is 2.59. The van der Waals surface area contributed by atoms with Gasteiger partial charge in [-0.3, -0.25) is 0 Å². The highest BCUT2D eigenvalue weighted by atomic mass is 19.1. The molecule has 0 fully saturated rings. The number of carboxylic acids is 1. The summed E-state index contributed by atoms with van der Waals surface area (Å²) >= 11 is 0. The van der Waals surface area contributed by atoms with Gasteiger partial charge in [0, 0.05) is 11.6 Å². The van der Waals surface area contributed by atoms with Gasteiger partial charge in [-0.2, -0.15) is 0 Å². The first kappa shape index (κ1) is 10.6. The Balaban J connectivity index is 3.26. The van der Waals surface area contributed by atoms with Crippen LogP contribution >= 0.6 is 0 Å². The van der Waals surface area contributed by atoms with Gasteiger partial charge < -0.3 is 10.8 Å². The Bertz CT molecular complexity index is 377. The van der Waals surface area contributed by atoms with Gasteiger partial charge in [0.2, 0.25) is 0 Å². The van der Waals surface area contributed by atoms with Crippen molar-refractivity contribution in [2.24, 2.45) is 5.73 Å². The molecule has 1 rings (SSSR count). The zero-order valence-corrected chi connectivity index (χ0v) is 7.42. The first-order valence-corrected chi connectivity index (χ1v) is 3.83. The first-order chi connectivity index (χ1) is 6.35. The Morgan fingerprint density at radius 1 is 1.50 bits per heavy atom. The predicted octanol–water partition coefficient (Wildman–Crippen LogP) is 1.22. The average Bonchev–Trinajstić information content (AvgIpc) is 2.02. The molecule has 0 aliphatic heterocycles. The summed E-state index contributed by atoms with van der Waals surface area (Å²) in [5.41, 5.74) is 3.28. The van der Waals surface area contributed by atoms with Crippen molar-refractivity contribution in [2.75, 3.05) is 0 Å². The van der Waals surface area contributed by atoms with Crippen LogP contribution in [0.2, 0.25) is 0 Å². The molecule has 0 saturated heterocycles. The third kappa shape index (κ3) is 1.72. The molecule has 1 aromatic carbocycles. The topological polar surface area (TPSA) is 63.3 Å². The number of halogens is 2. The molecule has 0 aromatic heterocycles. The molecule has 1 aromatic rings. The summed E-state index contributed by atoms with van der Waals surface area (Å²) in [5, 5.41) is 8.70. The van der Waals surface area contributed by atoms with E-state index in [0.717, 1.165) is 19.1 Å². The fraction of sp³-hybridized carbons (Fsp3) is 0.222. The van der Waals surface area contributed by atoms with Crippen LogP contribution in [0.1, 0.15) is 12.5 Å². The van der Waals surface area contributed by atoms with Crippen molar-refractivity contribution in [2.45, 2.75) is 12.5 Å². The van der Waals surface area contributed by atoms with Crippen molar-refractivity contribution in [3.8, 4) is 0 Å². The van der Waals surface area contributed by atoms with E-state index in [1.54, 1.807) is 0 Å². The number of benzene rings is 1. The number of carbonyl (C=O) groups is 1. The van der Waals surface area contributed by atoms with E-state index in [1.165, 1.54) is 0 Å². The Labute approximate surface area is 79.2 Å². The van der Waals surface area contributed by atoms with Crippen molar-refractivity contribution >= 4 is 5.97 Å². The molecular formula is C9H9F2NO2. The lowest BCUT2D eigenvalue weighted by Gasteiger charge is -2.19. The van der Waals surface area contributed by atoms with Crippen LogP contribution in [0.5, 0.6) is 0 Å². The number of hydrogen-bond acceptors (Lipinski definition) is 2. The molecular weight excluding hydrogens is 192 g/mol. The number of rotatable bonds is 2. The van der Waals surface area contributed by atoms with Crippen LogP contribution in [0, 0.1) is 11.6 Å². The number of carboxylic acid groups (broad SMARTS) is 1. The minimum Gasteiger partial charge on any atom is -0.480 e. The van der Waals surface area contributed by atoms with Gasteiger partial charge in [-0.15, -0.1) is 0 Å². The maximum atomic E-state index is 13.1. The Morgan fingerprint density at radius 3 is 2.50 bits per heavy atom. The maximum Gasteiger partial charge on any atom is 0.328 e. The normalized spacial score (nSPS) is 14.9. The highest BCUT2D eigenvalue weighted by Gasteiger charge is 2.32. The van der Waals surface area contributed by atoms with E-state index in [4.69, 9.17) is 10.8 Å². The number of nitrogens with two attached hydrogens (primary N) is 1. The fourth-order valence-electron chi connectivity index (χ4n) is 1.03. The summed E-state index contributed by atoms with van der Waals surface area (Å²) in [6.45, 7) is 1.14. The second-order valence-electron chi connectivity index (χ2n) is 3.13. The Kier molecular flexibility index (Phi) is 2.53. The molecule has 3 nitrogen and oxygen atoms in total. The molecule has 0 heterocycles. The molecule has 0 aliphatic carbocycles. The van der Waals surface area contributed by atoms with Gasteiger partial charge in [0.25, 0.3) is 0 Å². The maximum absolute atomic E-state index is 13.1. The molecule has 0 aliphatic rings. The van der Waals surface area contributed by atoms with Crippen molar-refractivity contribution in [3.05, 3.63) is 35.4 Å². The average molecular weight is 201 g/mol. The van der Waals surface area contributed by atoms with E-state index in [9.17, 15) is 13.6 Å². The van der Waals surface area contributed by atoms with Crippen molar-refractivity contribution in [1.82, 2.24) is 0 Å². The van der Waals surface area contributed by atoms with Gasteiger partial charge in [0.05, 0.1) is 0 Å². The van der Waals surface area contributed by atoms with Gasteiger partial charge in [0.1, 0.15) is 17.2 Å². The molecule has 0 unspecified atom stereocenters. The fourth-order valence-corrected chi connectivity index (χ4v) is 1.03. The van der Waals surface area contributed by atoms with Gasteiger partial charge in [-0.1, -0.05) is 6.07 Å². The van der Waals surface area contributed by atoms with E-state index < -0.39 is 23.1 Å². The van der Waals surface area contributed by atoms with Crippen molar-refractivity contribution in [1.29, 1.82) is 0 Å². The SMILES string of the molecule is C[C@](N)(C(=O)O)c1ccc(F)cc1F. The monoisotopic (exact) mass is 201 g/mol. The van der Waals surface area contributed by atoms with E-state index in [1.807, 2.05) is 0 Å². The first-order valence-electron chi connectivity index (χ1n) is 3.83. The summed E-state index contributed by atoms with van der Waals surface area (Å²) in [4.78, 5) is 10.7. The Morgan fingerprint density at radius 2 is 2.07 bits per heavy atom. The summed E-state index contributed by atoms with van der Waals surface area (Å²) in [5.74, 6) is -3.10. The predicted molar refractivity (Wildman–Crippen MR) is 45.5 cm³/mol. The van der Waals surface area contributed by atoms with Crippen LogP contribution in [-0.2, 0) is 10.3 Å². The minimum absolute atomic E-state index is 0.244. The lowest BCUT2D eigenvalue weighted by molar-refractivity contribution is -0.143. The lowest BCUT2D eigenvalue weighted by Crippen LogP contribution is -2.42. The van der Waals surface area contributed by atoms with Gasteiger partial charge in [-0.05, 0) is 13.0 Å². The van der Waals surface area contributed by atoms with Gasteiger partial charge in [-0.25, -0.2) is 13.6 Å². The van der Waals surface area contributed by atoms with Gasteiger partial charge in [0.15, 0.2) is 0 Å². The molecule has 0 amide bonds. The highest BCUT2D eigenvalue weighted by Crippen LogP contribution is 2.21. The number of aliphatic carboxylic acids is 1. The zero-order chi connectivity index (χ0) is 10.9. The smallest absolute Gasteiger partial charge is 0.328 e. The van der Waals surface area contributed by atoms with Crippen LogP contribution in [-0.4, -0.2) is 11.1 Å². The summed E-state index contributed by atoms with van der Waals surface area (Å²) < 4.78 is 25.6. The standard InChI is InChI=1S/C9H9F2NO2/c1-9(12,8(13)14)6-3-2-5(10)4-7(6)11/h2-4H,12H2,1H3,(H,13,14)/t9-/m1/s1. The van der Waals surface area contributed by atoms with Crippen LogP contribution in [0.15, 0.2) is 18.2 Å². The summed E-state index contributed by atoms with van der Waals surface area (Å²) in [6.07, 6.45) is 0. The minimum atomic E-state index is -1.85. The second-order valence-corrected chi connectivity index (χ2v) is 3.13. The van der Waals surface area contributed by atoms with Crippen molar-refractivity contribution < 1.29 is 18.7 Å². The molecule has 1 atom stereocenters. The molecule has 3 N–H and O–H groups in total. The molecule has 0 bridgehead atoms. The van der Waals surface area contributed by atoms with Crippen molar-refractivity contribution in [3.63, 3.8) is 0 Å². The van der Waals surface area contributed by atoms with Crippen LogP contribution in [0.3, 0.4) is 0 Å². The molecule has 0 radical (unpaired) electrons. The Hall–Kier alpha value is -1.49. The van der Waals surface area contributed by atoms with Gasteiger partial charge >= 0.3 is 5.97 Å². The molecule has 14 heavy (non-hydrogen) atoms. The quantitative estimate of drug-likeness (QED) is 0.756. The van der Waals surface area contributed by atoms with E-state index in [0.29, 0.717) is 6.07 Å². The van der Waals surface area contributed by atoms with E-state index in [2.05, 4.69) is 0 Å². The zero-order valence-electron chi connectivity index (χ0n) is 7.42. The lowest BCUT2D eigenvalue weighted by atomic mass is 9.93. The van der Waals surface area contributed by atoms with E-state index in [-0.39, 0.29) is 5.56 Å². The van der Waals surface area contributed by atoms with Crippen LogP contribution < -0.4 is 5.73 Å². The molecule has 0 saturated carbocycles. The highest BCUT2D eigenvalue weighted by molar-refractivity contribution is 5.79. The van der Waals surface area contributed by atoms with E-state index >= 15 is 0 Å². The number of hydrogen-bond donors (Lipinski definition) is 2. The largest absolute Gasteiger partial charge is 0.480 e. The third-order valence-corrected chi connectivity index (χ3v) is 1.93. The van der Waals surface area contributed by atoms with Crippen LogP contribution in [0.4, 0.5) is 8.78 Å². The molecule has 5 heteroatoms.